The number of anilines is 2. The molecule has 0 aliphatic carbocycles. The van der Waals surface area contributed by atoms with Crippen LogP contribution in [0.3, 0.4) is 0 Å². The zero-order valence-electron chi connectivity index (χ0n) is 15.1. The highest BCUT2D eigenvalue weighted by Gasteiger charge is 2.14. The van der Waals surface area contributed by atoms with Gasteiger partial charge in [0.2, 0.25) is 0 Å². The molecule has 0 aliphatic heterocycles. The zero-order valence-corrected chi connectivity index (χ0v) is 16.7. The van der Waals surface area contributed by atoms with Crippen molar-refractivity contribution in [3.63, 3.8) is 0 Å². The Morgan fingerprint density at radius 1 is 0.929 bits per heavy atom. The average molecular weight is 417 g/mol. The Morgan fingerprint density at radius 3 is 2.25 bits per heavy atom. The van der Waals surface area contributed by atoms with Crippen LogP contribution in [-0.2, 0) is 0 Å². The fraction of sp³-hybridized carbons (Fsp3) is 0.100. The van der Waals surface area contributed by atoms with E-state index in [4.69, 9.17) is 21.1 Å². The van der Waals surface area contributed by atoms with E-state index in [9.17, 15) is 9.59 Å². The largest absolute Gasteiger partial charge is 0.495 e. The molecule has 0 saturated carbocycles. The maximum atomic E-state index is 12.5. The molecule has 8 heteroatoms. The summed E-state index contributed by atoms with van der Waals surface area (Å²) >= 11 is 7.49. The van der Waals surface area contributed by atoms with Gasteiger partial charge >= 0.3 is 0 Å². The van der Waals surface area contributed by atoms with Crippen molar-refractivity contribution in [2.45, 2.75) is 0 Å². The fourth-order valence-corrected chi connectivity index (χ4v) is 3.32. The average Bonchev–Trinajstić information content (AvgIpc) is 3.24. The standard InChI is InChI=1S/C20H17ClN2O4S/c1-26-16-11-17(27-2)15(10-14(16)21)23-19(24)12-5-7-13(8-6-12)22-20(25)18-4-3-9-28-18/h3-11H,1-2H3,(H,22,25)(H,23,24). The summed E-state index contributed by atoms with van der Waals surface area (Å²) in [4.78, 5) is 25.2. The smallest absolute Gasteiger partial charge is 0.265 e. The van der Waals surface area contributed by atoms with Crippen LogP contribution in [0.25, 0.3) is 0 Å². The lowest BCUT2D eigenvalue weighted by molar-refractivity contribution is 0.102. The number of methoxy groups -OCH3 is 2. The van der Waals surface area contributed by atoms with Crippen molar-refractivity contribution in [2.24, 2.45) is 0 Å². The molecule has 0 aliphatic rings. The summed E-state index contributed by atoms with van der Waals surface area (Å²) in [6.07, 6.45) is 0. The van der Waals surface area contributed by atoms with E-state index in [1.54, 1.807) is 42.5 Å². The summed E-state index contributed by atoms with van der Waals surface area (Å²) in [6, 6.07) is 13.3. The lowest BCUT2D eigenvalue weighted by Crippen LogP contribution is -2.13. The number of carbonyl (C=O) groups excluding carboxylic acids is 2. The fourth-order valence-electron chi connectivity index (χ4n) is 2.46. The molecule has 0 atom stereocenters. The number of nitrogens with one attached hydrogen (secondary N) is 2. The molecule has 2 aromatic carbocycles. The second kappa shape index (κ2) is 8.77. The first kappa shape index (κ1) is 19.7. The molecule has 0 spiro atoms. The van der Waals surface area contributed by atoms with Gasteiger partial charge in [-0.3, -0.25) is 9.59 Å². The number of ether oxygens (including phenoxy) is 2. The van der Waals surface area contributed by atoms with Gasteiger partial charge in [0.1, 0.15) is 11.5 Å². The molecular formula is C20H17ClN2O4S. The van der Waals surface area contributed by atoms with Crippen molar-refractivity contribution in [1.82, 2.24) is 0 Å². The van der Waals surface area contributed by atoms with Crippen molar-refractivity contribution < 1.29 is 19.1 Å². The van der Waals surface area contributed by atoms with Crippen LogP contribution in [0.1, 0.15) is 20.0 Å². The summed E-state index contributed by atoms with van der Waals surface area (Å²) in [5.74, 6) is 0.345. The Morgan fingerprint density at radius 2 is 1.64 bits per heavy atom. The molecule has 144 valence electrons. The van der Waals surface area contributed by atoms with Crippen LogP contribution in [0.4, 0.5) is 11.4 Å². The Hall–Kier alpha value is -3.03. The van der Waals surface area contributed by atoms with Crippen molar-refractivity contribution in [3.05, 3.63) is 69.4 Å². The van der Waals surface area contributed by atoms with Gasteiger partial charge in [-0.15, -0.1) is 11.3 Å². The summed E-state index contributed by atoms with van der Waals surface area (Å²) in [7, 11) is 2.99. The molecular weight excluding hydrogens is 400 g/mol. The molecule has 3 rings (SSSR count). The van der Waals surface area contributed by atoms with Gasteiger partial charge in [-0.2, -0.15) is 0 Å². The topological polar surface area (TPSA) is 76.7 Å². The van der Waals surface area contributed by atoms with Crippen LogP contribution in [0.15, 0.2) is 53.9 Å². The maximum Gasteiger partial charge on any atom is 0.265 e. The van der Waals surface area contributed by atoms with E-state index in [0.717, 1.165) is 0 Å². The second-order valence-electron chi connectivity index (χ2n) is 5.65. The first-order chi connectivity index (χ1) is 13.5. The maximum absolute atomic E-state index is 12.5. The van der Waals surface area contributed by atoms with E-state index in [0.29, 0.717) is 38.3 Å². The summed E-state index contributed by atoms with van der Waals surface area (Å²) < 4.78 is 10.4. The van der Waals surface area contributed by atoms with E-state index >= 15 is 0 Å². The molecule has 1 heterocycles. The van der Waals surface area contributed by atoms with Crippen LogP contribution in [-0.4, -0.2) is 26.0 Å². The minimum Gasteiger partial charge on any atom is -0.495 e. The number of thiophene rings is 1. The van der Waals surface area contributed by atoms with Crippen molar-refractivity contribution >= 4 is 46.1 Å². The highest BCUT2D eigenvalue weighted by Crippen LogP contribution is 2.36. The third-order valence-electron chi connectivity index (χ3n) is 3.87. The van der Waals surface area contributed by atoms with Crippen LogP contribution in [0.5, 0.6) is 11.5 Å². The number of carbonyl (C=O) groups is 2. The Kier molecular flexibility index (Phi) is 6.18. The summed E-state index contributed by atoms with van der Waals surface area (Å²) in [5.41, 5.74) is 1.44. The molecule has 6 nitrogen and oxygen atoms in total. The Labute approximate surface area is 171 Å². The van der Waals surface area contributed by atoms with E-state index in [2.05, 4.69) is 10.6 Å². The van der Waals surface area contributed by atoms with Crippen LogP contribution in [0.2, 0.25) is 5.02 Å². The van der Waals surface area contributed by atoms with Gasteiger partial charge in [0.15, 0.2) is 0 Å². The van der Waals surface area contributed by atoms with Gasteiger partial charge in [0, 0.05) is 17.3 Å². The van der Waals surface area contributed by atoms with E-state index in [1.807, 2.05) is 11.4 Å². The minimum atomic E-state index is -0.337. The van der Waals surface area contributed by atoms with Crippen LogP contribution < -0.4 is 20.1 Å². The predicted molar refractivity (Wildman–Crippen MR) is 111 cm³/mol. The van der Waals surface area contributed by atoms with Gasteiger partial charge in [-0.1, -0.05) is 17.7 Å². The molecule has 2 amide bonds. The van der Waals surface area contributed by atoms with E-state index in [1.165, 1.54) is 25.6 Å². The molecule has 3 aromatic rings. The number of amides is 2. The van der Waals surface area contributed by atoms with Crippen molar-refractivity contribution in [1.29, 1.82) is 0 Å². The molecule has 0 unspecified atom stereocenters. The Balaban J connectivity index is 1.71. The zero-order chi connectivity index (χ0) is 20.1. The molecule has 2 N–H and O–H groups in total. The number of hydrogen-bond acceptors (Lipinski definition) is 5. The van der Waals surface area contributed by atoms with Gasteiger partial charge in [0.25, 0.3) is 11.8 Å². The molecule has 28 heavy (non-hydrogen) atoms. The van der Waals surface area contributed by atoms with E-state index in [-0.39, 0.29) is 11.8 Å². The summed E-state index contributed by atoms with van der Waals surface area (Å²) in [5, 5.41) is 7.74. The highest BCUT2D eigenvalue weighted by atomic mass is 35.5. The Bertz CT molecular complexity index is 988. The van der Waals surface area contributed by atoms with E-state index < -0.39 is 0 Å². The van der Waals surface area contributed by atoms with Gasteiger partial charge in [0.05, 0.1) is 29.8 Å². The first-order valence-corrected chi connectivity index (χ1v) is 9.45. The minimum absolute atomic E-state index is 0.190. The number of rotatable bonds is 6. The number of halogens is 1. The molecule has 0 saturated heterocycles. The first-order valence-electron chi connectivity index (χ1n) is 8.19. The van der Waals surface area contributed by atoms with Crippen LogP contribution in [0, 0.1) is 0 Å². The quantitative estimate of drug-likeness (QED) is 0.597. The van der Waals surface area contributed by atoms with Gasteiger partial charge < -0.3 is 20.1 Å². The second-order valence-corrected chi connectivity index (χ2v) is 7.00. The molecule has 0 bridgehead atoms. The third-order valence-corrected chi connectivity index (χ3v) is 5.04. The highest BCUT2D eigenvalue weighted by molar-refractivity contribution is 7.12. The lowest BCUT2D eigenvalue weighted by Gasteiger charge is -2.13. The lowest BCUT2D eigenvalue weighted by atomic mass is 10.1. The molecule has 0 radical (unpaired) electrons. The van der Waals surface area contributed by atoms with Gasteiger partial charge in [-0.05, 0) is 41.8 Å². The third kappa shape index (κ3) is 4.44. The SMILES string of the molecule is COc1cc(OC)c(NC(=O)c2ccc(NC(=O)c3cccs3)cc2)cc1Cl. The van der Waals surface area contributed by atoms with Gasteiger partial charge in [-0.25, -0.2) is 0 Å². The van der Waals surface area contributed by atoms with Crippen LogP contribution >= 0.6 is 22.9 Å². The summed E-state index contributed by atoms with van der Waals surface area (Å²) in [6.45, 7) is 0. The normalized spacial score (nSPS) is 10.2. The predicted octanol–water partition coefficient (Wildman–Crippen LogP) is 4.92. The van der Waals surface area contributed by atoms with Crippen molar-refractivity contribution in [3.8, 4) is 11.5 Å². The number of benzene rings is 2. The molecule has 1 aromatic heterocycles. The molecule has 0 fully saturated rings. The monoisotopic (exact) mass is 416 g/mol. The number of hydrogen-bond donors (Lipinski definition) is 2. The van der Waals surface area contributed by atoms with Crippen molar-refractivity contribution in [2.75, 3.05) is 24.9 Å².